The van der Waals surface area contributed by atoms with E-state index in [1.165, 1.54) is 6.07 Å². The van der Waals surface area contributed by atoms with Gasteiger partial charge in [0.25, 0.3) is 0 Å². The second-order valence-corrected chi connectivity index (χ2v) is 8.29. The molecule has 8 heteroatoms. The monoisotopic (exact) mass is 473 g/mol. The minimum atomic E-state index is -0.796. The first kappa shape index (κ1) is 25.8. The van der Waals surface area contributed by atoms with E-state index in [9.17, 15) is 13.9 Å². The number of aromatic nitrogens is 2. The highest BCUT2D eigenvalue weighted by molar-refractivity contribution is 5.43. The number of aryl methyl sites for hydroxylation is 1. The highest BCUT2D eigenvalue weighted by atomic mass is 19.1. The molecule has 2 aromatic carbocycles. The van der Waals surface area contributed by atoms with E-state index in [0.29, 0.717) is 31.3 Å². The molecular formula is C26H33F2N3O3. The van der Waals surface area contributed by atoms with Gasteiger partial charge in [0.05, 0.1) is 29.7 Å². The van der Waals surface area contributed by atoms with E-state index in [1.807, 2.05) is 44.2 Å². The molecule has 0 aliphatic carbocycles. The SMILES string of the molecule is CCOCC(O)CN(Cc1c(C)nn(-c2ccccc2)c1Oc1ccc(F)cc1F)C(C)CC. The summed E-state index contributed by atoms with van der Waals surface area (Å²) in [4.78, 5) is 2.14. The quantitative estimate of drug-likeness (QED) is 0.389. The zero-order valence-electron chi connectivity index (χ0n) is 20.2. The Hall–Kier alpha value is -2.81. The molecule has 0 amide bonds. The third kappa shape index (κ3) is 6.40. The van der Waals surface area contributed by atoms with E-state index < -0.39 is 17.7 Å². The van der Waals surface area contributed by atoms with Gasteiger partial charge in [0.2, 0.25) is 5.88 Å². The van der Waals surface area contributed by atoms with Gasteiger partial charge in [-0.3, -0.25) is 4.90 Å². The smallest absolute Gasteiger partial charge is 0.227 e. The van der Waals surface area contributed by atoms with E-state index in [1.54, 1.807) is 4.68 Å². The van der Waals surface area contributed by atoms with Crippen LogP contribution in [0.5, 0.6) is 11.6 Å². The van der Waals surface area contributed by atoms with Crippen LogP contribution in [0.2, 0.25) is 0 Å². The molecule has 0 spiro atoms. The Morgan fingerprint density at radius 1 is 1.12 bits per heavy atom. The summed E-state index contributed by atoms with van der Waals surface area (Å²) in [5, 5.41) is 15.2. The van der Waals surface area contributed by atoms with Crippen molar-refractivity contribution in [3.05, 3.63) is 71.4 Å². The molecule has 0 saturated heterocycles. The van der Waals surface area contributed by atoms with Crippen molar-refractivity contribution in [3.63, 3.8) is 0 Å². The first-order chi connectivity index (χ1) is 16.3. The third-order valence-electron chi connectivity index (χ3n) is 5.77. The van der Waals surface area contributed by atoms with Gasteiger partial charge in [-0.05, 0) is 51.5 Å². The van der Waals surface area contributed by atoms with Crippen LogP contribution in [0, 0.1) is 18.6 Å². The fourth-order valence-electron chi connectivity index (χ4n) is 3.67. The van der Waals surface area contributed by atoms with Gasteiger partial charge in [0.15, 0.2) is 11.6 Å². The summed E-state index contributed by atoms with van der Waals surface area (Å²) in [5.74, 6) is -1.22. The van der Waals surface area contributed by atoms with Crippen molar-refractivity contribution in [2.45, 2.75) is 52.8 Å². The lowest BCUT2D eigenvalue weighted by Crippen LogP contribution is -2.40. The number of aliphatic hydroxyl groups is 1. The Morgan fingerprint density at radius 3 is 2.50 bits per heavy atom. The van der Waals surface area contributed by atoms with Crippen LogP contribution in [0.3, 0.4) is 0 Å². The number of benzene rings is 2. The fraction of sp³-hybridized carbons (Fsp3) is 0.423. The molecule has 0 fully saturated rings. The number of aliphatic hydroxyl groups excluding tert-OH is 1. The molecule has 0 saturated carbocycles. The molecule has 0 aliphatic rings. The van der Waals surface area contributed by atoms with E-state index in [4.69, 9.17) is 9.47 Å². The maximum atomic E-state index is 14.5. The van der Waals surface area contributed by atoms with Crippen LogP contribution in [-0.4, -0.2) is 51.7 Å². The molecule has 34 heavy (non-hydrogen) atoms. The van der Waals surface area contributed by atoms with Crippen molar-refractivity contribution < 1.29 is 23.4 Å². The molecule has 3 aromatic rings. The molecule has 0 bridgehead atoms. The summed E-state index contributed by atoms with van der Waals surface area (Å²) < 4.78 is 41.0. The van der Waals surface area contributed by atoms with Gasteiger partial charge in [-0.25, -0.2) is 13.5 Å². The van der Waals surface area contributed by atoms with Crippen LogP contribution in [0.1, 0.15) is 38.4 Å². The lowest BCUT2D eigenvalue weighted by atomic mass is 10.1. The highest BCUT2D eigenvalue weighted by Crippen LogP contribution is 2.33. The summed E-state index contributed by atoms with van der Waals surface area (Å²) >= 11 is 0. The third-order valence-corrected chi connectivity index (χ3v) is 5.77. The summed E-state index contributed by atoms with van der Waals surface area (Å²) in [6.45, 7) is 9.53. The fourth-order valence-corrected chi connectivity index (χ4v) is 3.67. The van der Waals surface area contributed by atoms with E-state index in [-0.39, 0.29) is 18.4 Å². The van der Waals surface area contributed by atoms with Crippen molar-refractivity contribution in [2.24, 2.45) is 0 Å². The molecule has 0 radical (unpaired) electrons. The molecule has 0 aliphatic heterocycles. The predicted molar refractivity (Wildman–Crippen MR) is 127 cm³/mol. The molecule has 3 rings (SSSR count). The van der Waals surface area contributed by atoms with E-state index in [0.717, 1.165) is 29.8 Å². The van der Waals surface area contributed by atoms with Crippen LogP contribution < -0.4 is 4.74 Å². The summed E-state index contributed by atoms with van der Waals surface area (Å²) in [6.07, 6.45) is 0.216. The number of nitrogens with zero attached hydrogens (tertiary/aromatic N) is 3. The van der Waals surface area contributed by atoms with Crippen molar-refractivity contribution in [2.75, 3.05) is 19.8 Å². The molecule has 1 heterocycles. The number of hydrogen-bond donors (Lipinski definition) is 1. The summed E-state index contributed by atoms with van der Waals surface area (Å²) in [6, 6.07) is 12.8. The molecule has 2 atom stereocenters. The molecule has 2 unspecified atom stereocenters. The van der Waals surface area contributed by atoms with Crippen molar-refractivity contribution in [1.82, 2.24) is 14.7 Å². The second kappa shape index (κ2) is 12.1. The Bertz CT molecular complexity index is 1060. The number of para-hydroxylation sites is 1. The topological polar surface area (TPSA) is 59.8 Å². The van der Waals surface area contributed by atoms with Crippen LogP contribution in [0.4, 0.5) is 8.78 Å². The average Bonchev–Trinajstić information content (AvgIpc) is 3.13. The zero-order valence-corrected chi connectivity index (χ0v) is 20.2. The molecular weight excluding hydrogens is 440 g/mol. The standard InChI is InChI=1S/C26H33F2N3O3/c1-5-18(3)30(15-22(32)17-33-6-2)16-23-19(4)29-31(21-10-8-7-9-11-21)26(23)34-25-13-12-20(27)14-24(25)28/h7-14,18,22,32H,5-6,15-17H2,1-4H3. The van der Waals surface area contributed by atoms with Gasteiger partial charge < -0.3 is 14.6 Å². The lowest BCUT2D eigenvalue weighted by molar-refractivity contribution is 0.0111. The Labute approximate surface area is 199 Å². The summed E-state index contributed by atoms with van der Waals surface area (Å²) in [5.41, 5.74) is 2.23. The minimum Gasteiger partial charge on any atom is -0.435 e. The Balaban J connectivity index is 2.01. The minimum absolute atomic E-state index is 0.0915. The van der Waals surface area contributed by atoms with Gasteiger partial charge >= 0.3 is 0 Å². The van der Waals surface area contributed by atoms with Gasteiger partial charge in [0.1, 0.15) is 5.82 Å². The molecule has 1 N–H and O–H groups in total. The van der Waals surface area contributed by atoms with Crippen molar-refractivity contribution in [1.29, 1.82) is 0 Å². The second-order valence-electron chi connectivity index (χ2n) is 8.29. The first-order valence-corrected chi connectivity index (χ1v) is 11.6. The van der Waals surface area contributed by atoms with Crippen LogP contribution in [-0.2, 0) is 11.3 Å². The lowest BCUT2D eigenvalue weighted by Gasteiger charge is -2.30. The van der Waals surface area contributed by atoms with Crippen LogP contribution in [0.25, 0.3) is 5.69 Å². The van der Waals surface area contributed by atoms with Crippen molar-refractivity contribution >= 4 is 0 Å². The normalized spacial score (nSPS) is 13.3. The molecule has 1 aromatic heterocycles. The molecule has 184 valence electrons. The van der Waals surface area contributed by atoms with E-state index >= 15 is 0 Å². The summed E-state index contributed by atoms with van der Waals surface area (Å²) in [7, 11) is 0. The van der Waals surface area contributed by atoms with Gasteiger partial charge in [-0.15, -0.1) is 0 Å². The number of hydrogen-bond acceptors (Lipinski definition) is 5. The van der Waals surface area contributed by atoms with Gasteiger partial charge in [0, 0.05) is 31.8 Å². The zero-order chi connectivity index (χ0) is 24.7. The maximum Gasteiger partial charge on any atom is 0.227 e. The maximum absolute atomic E-state index is 14.5. The van der Waals surface area contributed by atoms with Gasteiger partial charge in [-0.2, -0.15) is 5.10 Å². The average molecular weight is 474 g/mol. The van der Waals surface area contributed by atoms with Crippen LogP contribution in [0.15, 0.2) is 48.5 Å². The largest absolute Gasteiger partial charge is 0.435 e. The van der Waals surface area contributed by atoms with Gasteiger partial charge in [-0.1, -0.05) is 25.1 Å². The van der Waals surface area contributed by atoms with Crippen molar-refractivity contribution in [3.8, 4) is 17.3 Å². The number of halogens is 2. The highest BCUT2D eigenvalue weighted by Gasteiger charge is 2.25. The Kier molecular flexibility index (Phi) is 9.15. The number of rotatable bonds is 12. The molecule has 6 nitrogen and oxygen atoms in total. The number of ether oxygens (including phenoxy) is 2. The first-order valence-electron chi connectivity index (χ1n) is 11.6. The van der Waals surface area contributed by atoms with Crippen LogP contribution >= 0.6 is 0 Å². The van der Waals surface area contributed by atoms with E-state index in [2.05, 4.69) is 23.8 Å². The predicted octanol–water partition coefficient (Wildman–Crippen LogP) is 5.25. The Morgan fingerprint density at radius 2 is 1.85 bits per heavy atom.